The van der Waals surface area contributed by atoms with Gasteiger partial charge in [-0.1, -0.05) is 53.2 Å². The molecule has 0 saturated heterocycles. The fourth-order valence-corrected chi connectivity index (χ4v) is 3.51. The van der Waals surface area contributed by atoms with Crippen molar-refractivity contribution in [3.63, 3.8) is 0 Å². The molecule has 2 aromatic carbocycles. The van der Waals surface area contributed by atoms with Crippen molar-refractivity contribution in [2.75, 3.05) is 33.9 Å². The van der Waals surface area contributed by atoms with Crippen LogP contribution in [0.1, 0.15) is 16.7 Å². The molecule has 0 spiro atoms. The predicted molar refractivity (Wildman–Crippen MR) is 119 cm³/mol. The van der Waals surface area contributed by atoms with Crippen LogP contribution in [0, 0.1) is 0 Å². The van der Waals surface area contributed by atoms with E-state index in [9.17, 15) is 5.11 Å². The van der Waals surface area contributed by atoms with Crippen LogP contribution in [0.25, 0.3) is 6.08 Å². The highest BCUT2D eigenvalue weighted by Gasteiger charge is 2.18. The lowest BCUT2D eigenvalue weighted by Crippen LogP contribution is -2.38. The highest BCUT2D eigenvalue weighted by atomic mass is 35.5. The van der Waals surface area contributed by atoms with Crippen LogP contribution in [0.4, 0.5) is 0 Å². The fraction of sp³-hybridized carbons (Fsp3) is 0.348. The van der Waals surface area contributed by atoms with Gasteiger partial charge in [0.05, 0.1) is 14.2 Å². The van der Waals surface area contributed by atoms with E-state index in [1.54, 1.807) is 26.4 Å². The first-order valence-electron chi connectivity index (χ1n) is 9.82. The molecule has 30 heavy (non-hydrogen) atoms. The zero-order chi connectivity index (χ0) is 21.3. The maximum Gasteiger partial charge on any atom is 0.168 e. The molecule has 1 N–H and O–H groups in total. The second-order valence-corrected chi connectivity index (χ2v) is 7.45. The van der Waals surface area contributed by atoms with Gasteiger partial charge >= 0.3 is 0 Å². The molecule has 0 aromatic heterocycles. The largest absolute Gasteiger partial charge is 0.493 e. The van der Waals surface area contributed by atoms with Crippen molar-refractivity contribution in [1.82, 2.24) is 4.90 Å². The van der Waals surface area contributed by atoms with Crippen LogP contribution >= 0.6 is 11.6 Å². The molecular weight excluding hydrogens is 404 g/mol. The van der Waals surface area contributed by atoms with Gasteiger partial charge in [-0.2, -0.15) is 0 Å². The Labute approximate surface area is 182 Å². The molecule has 1 heterocycles. The average molecular weight is 431 g/mol. The van der Waals surface area contributed by atoms with Gasteiger partial charge in [0.2, 0.25) is 0 Å². The summed E-state index contributed by atoms with van der Waals surface area (Å²) < 4.78 is 10.5. The van der Waals surface area contributed by atoms with Crippen LogP contribution in [0.5, 0.6) is 11.5 Å². The van der Waals surface area contributed by atoms with E-state index in [2.05, 4.69) is 28.3 Å². The second-order valence-electron chi connectivity index (χ2n) is 7.07. The zero-order valence-corrected chi connectivity index (χ0v) is 18.0. The Morgan fingerprint density at radius 3 is 2.70 bits per heavy atom. The number of oxime groups is 1. The third-order valence-corrected chi connectivity index (χ3v) is 5.11. The SMILES string of the molecule is COc1ccc(/C=C/C(Cl)=N/OCC(O)CN2CCc3ccccc3C2)cc1OC. The smallest absolute Gasteiger partial charge is 0.168 e. The number of methoxy groups -OCH3 is 2. The molecule has 0 radical (unpaired) electrons. The molecule has 2 aromatic rings. The quantitative estimate of drug-likeness (QED) is 0.485. The normalized spacial score (nSPS) is 15.7. The molecule has 160 valence electrons. The summed E-state index contributed by atoms with van der Waals surface area (Å²) >= 11 is 6.08. The highest BCUT2D eigenvalue weighted by molar-refractivity contribution is 6.68. The molecular formula is C23H27ClN2O4. The van der Waals surface area contributed by atoms with Crippen molar-refractivity contribution in [1.29, 1.82) is 0 Å². The number of aliphatic hydroxyl groups is 1. The van der Waals surface area contributed by atoms with Gasteiger partial charge in [0.1, 0.15) is 12.7 Å². The van der Waals surface area contributed by atoms with Crippen molar-refractivity contribution in [3.05, 3.63) is 65.2 Å². The zero-order valence-electron chi connectivity index (χ0n) is 17.3. The highest BCUT2D eigenvalue weighted by Crippen LogP contribution is 2.28. The lowest BCUT2D eigenvalue weighted by molar-refractivity contribution is 0.0169. The molecule has 1 atom stereocenters. The molecule has 0 saturated carbocycles. The number of hydrogen-bond acceptors (Lipinski definition) is 6. The van der Waals surface area contributed by atoms with Crippen LogP contribution in [0.2, 0.25) is 0 Å². The van der Waals surface area contributed by atoms with E-state index < -0.39 is 6.10 Å². The van der Waals surface area contributed by atoms with Gasteiger partial charge in [-0.25, -0.2) is 0 Å². The standard InChI is InChI=1S/C23H27ClN2O4/c1-28-21-9-7-17(13-22(21)29-2)8-10-23(24)25-30-16-20(27)15-26-12-11-18-5-3-4-6-19(18)14-26/h3-10,13,20,27H,11-12,14-16H2,1-2H3/b10-8+,25-23-. The van der Waals surface area contributed by atoms with Gasteiger partial charge in [-0.05, 0) is 41.3 Å². The maximum absolute atomic E-state index is 10.3. The molecule has 1 aliphatic rings. The molecule has 3 rings (SSSR count). The number of fused-ring (bicyclic) bond motifs is 1. The van der Waals surface area contributed by atoms with E-state index in [-0.39, 0.29) is 11.8 Å². The lowest BCUT2D eigenvalue weighted by Gasteiger charge is -2.29. The van der Waals surface area contributed by atoms with Gasteiger partial charge in [-0.15, -0.1) is 0 Å². The summed E-state index contributed by atoms with van der Waals surface area (Å²) in [6, 6.07) is 13.9. The van der Waals surface area contributed by atoms with E-state index in [0.29, 0.717) is 18.0 Å². The van der Waals surface area contributed by atoms with E-state index in [0.717, 1.165) is 25.1 Å². The number of ether oxygens (including phenoxy) is 2. The van der Waals surface area contributed by atoms with Crippen LogP contribution in [-0.4, -0.2) is 55.2 Å². The first kappa shape index (κ1) is 22.2. The number of benzene rings is 2. The topological polar surface area (TPSA) is 63.5 Å². The van der Waals surface area contributed by atoms with Crippen LogP contribution in [-0.2, 0) is 17.8 Å². The summed E-state index contributed by atoms with van der Waals surface area (Å²) in [4.78, 5) is 7.44. The Hall–Kier alpha value is -2.54. The molecule has 1 unspecified atom stereocenters. The first-order chi connectivity index (χ1) is 14.6. The van der Waals surface area contributed by atoms with E-state index >= 15 is 0 Å². The van der Waals surface area contributed by atoms with E-state index in [1.807, 2.05) is 24.3 Å². The molecule has 7 heteroatoms. The summed E-state index contributed by atoms with van der Waals surface area (Å²) in [7, 11) is 3.18. The minimum absolute atomic E-state index is 0.0819. The Morgan fingerprint density at radius 2 is 1.93 bits per heavy atom. The minimum Gasteiger partial charge on any atom is -0.493 e. The molecule has 0 bridgehead atoms. The number of aliphatic hydroxyl groups excluding tert-OH is 1. The lowest BCUT2D eigenvalue weighted by atomic mass is 10.00. The summed E-state index contributed by atoms with van der Waals surface area (Å²) in [6.45, 7) is 2.37. The predicted octanol–water partition coefficient (Wildman–Crippen LogP) is 3.71. The van der Waals surface area contributed by atoms with Crippen LogP contribution in [0.3, 0.4) is 0 Å². The van der Waals surface area contributed by atoms with Gasteiger partial charge in [-0.3, -0.25) is 4.90 Å². The summed E-state index contributed by atoms with van der Waals surface area (Å²) in [5, 5.41) is 14.3. The Bertz CT molecular complexity index is 901. The summed E-state index contributed by atoms with van der Waals surface area (Å²) in [5.74, 6) is 1.29. The molecule has 6 nitrogen and oxygen atoms in total. The monoisotopic (exact) mass is 430 g/mol. The van der Waals surface area contributed by atoms with Crippen molar-refractivity contribution in [2.45, 2.75) is 19.1 Å². The van der Waals surface area contributed by atoms with E-state index in [1.165, 1.54) is 11.1 Å². The minimum atomic E-state index is -0.640. The van der Waals surface area contributed by atoms with E-state index in [4.69, 9.17) is 25.9 Å². The molecule has 0 aliphatic carbocycles. The fourth-order valence-electron chi connectivity index (χ4n) is 3.40. The van der Waals surface area contributed by atoms with Crippen LogP contribution < -0.4 is 9.47 Å². The summed E-state index contributed by atoms with van der Waals surface area (Å²) in [5.41, 5.74) is 3.58. The number of allylic oxidation sites excluding steroid dienone is 1. The molecule has 0 amide bonds. The number of β-amino-alcohol motifs (C(OH)–C–C–N with tert-alkyl or cyclic N) is 1. The Kier molecular flexibility index (Phi) is 8.13. The number of nitrogens with zero attached hydrogens (tertiary/aromatic N) is 2. The van der Waals surface area contributed by atoms with Crippen LogP contribution in [0.15, 0.2) is 53.7 Å². The van der Waals surface area contributed by atoms with Crippen molar-refractivity contribution >= 4 is 22.8 Å². The van der Waals surface area contributed by atoms with Gasteiger partial charge in [0.15, 0.2) is 16.7 Å². The Balaban J connectivity index is 1.45. The maximum atomic E-state index is 10.3. The van der Waals surface area contributed by atoms with Crippen molar-refractivity contribution < 1.29 is 19.4 Å². The number of hydrogen-bond donors (Lipinski definition) is 1. The van der Waals surface area contributed by atoms with Gasteiger partial charge in [0.25, 0.3) is 0 Å². The number of rotatable bonds is 9. The van der Waals surface area contributed by atoms with Gasteiger partial charge in [0, 0.05) is 19.6 Å². The number of halogens is 1. The molecule has 0 fully saturated rings. The first-order valence-corrected chi connectivity index (χ1v) is 10.2. The van der Waals surface area contributed by atoms with Gasteiger partial charge < -0.3 is 19.4 Å². The Morgan fingerprint density at radius 1 is 1.17 bits per heavy atom. The second kappa shape index (κ2) is 11.0. The third-order valence-electron chi connectivity index (χ3n) is 4.92. The van der Waals surface area contributed by atoms with Crippen molar-refractivity contribution in [3.8, 4) is 11.5 Å². The molecule has 1 aliphatic heterocycles. The van der Waals surface area contributed by atoms with Crippen molar-refractivity contribution in [2.24, 2.45) is 5.16 Å². The average Bonchev–Trinajstić information content (AvgIpc) is 2.77. The summed E-state index contributed by atoms with van der Waals surface area (Å²) in [6.07, 6.45) is 3.77. The third kappa shape index (κ3) is 6.23.